The third-order valence-electron chi connectivity index (χ3n) is 2.14. The number of esters is 1. The summed E-state index contributed by atoms with van der Waals surface area (Å²) in [5, 5.41) is 0.670. The number of carbonyl (C=O) groups excluding carboxylic acids is 2. The Balaban J connectivity index is 2.32. The number of carbonyl (C=O) groups is 2. The van der Waals surface area contributed by atoms with Crippen molar-refractivity contribution >= 4 is 35.2 Å². The number of hydrogen-bond acceptors (Lipinski definition) is 4. The van der Waals surface area contributed by atoms with Crippen LogP contribution in [-0.2, 0) is 20.1 Å². The van der Waals surface area contributed by atoms with Crippen molar-refractivity contribution in [2.75, 3.05) is 5.75 Å². The van der Waals surface area contributed by atoms with Crippen molar-refractivity contribution in [2.24, 2.45) is 5.73 Å². The minimum atomic E-state index is -0.890. The number of hydrogen-bond donors (Lipinski definition) is 1. The van der Waals surface area contributed by atoms with Crippen LogP contribution in [0.1, 0.15) is 12.5 Å². The van der Waals surface area contributed by atoms with Crippen LogP contribution in [-0.4, -0.2) is 23.7 Å². The smallest absolute Gasteiger partial charge is 0.316 e. The van der Waals surface area contributed by atoms with E-state index in [-0.39, 0.29) is 5.75 Å². The molecular formula is C12H14ClNO3S. The van der Waals surface area contributed by atoms with Gasteiger partial charge in [0.05, 0.1) is 5.75 Å². The lowest BCUT2D eigenvalue weighted by atomic mass is 10.2. The van der Waals surface area contributed by atoms with E-state index in [1.165, 1.54) is 18.7 Å². The van der Waals surface area contributed by atoms with Crippen molar-refractivity contribution in [2.45, 2.75) is 18.8 Å². The average molecular weight is 288 g/mol. The van der Waals surface area contributed by atoms with Crippen LogP contribution in [0.3, 0.4) is 0 Å². The van der Waals surface area contributed by atoms with Crippen LogP contribution in [0.5, 0.6) is 0 Å². The fraction of sp³-hybridized carbons (Fsp3) is 0.333. The molecule has 4 nitrogen and oxygen atoms in total. The van der Waals surface area contributed by atoms with Crippen LogP contribution in [0, 0.1) is 0 Å². The molecule has 1 aromatic carbocycles. The van der Waals surface area contributed by atoms with Crippen LogP contribution >= 0.6 is 23.4 Å². The van der Waals surface area contributed by atoms with Gasteiger partial charge in [0, 0.05) is 10.8 Å². The van der Waals surface area contributed by atoms with E-state index in [4.69, 9.17) is 22.1 Å². The third-order valence-corrected chi connectivity index (χ3v) is 3.47. The molecule has 0 heterocycles. The molecular weight excluding hydrogens is 274 g/mol. The number of thioether (sulfide) groups is 1. The highest BCUT2D eigenvalue weighted by molar-refractivity contribution is 7.99. The summed E-state index contributed by atoms with van der Waals surface area (Å²) in [6.07, 6.45) is -0.890. The molecule has 0 aliphatic carbocycles. The van der Waals surface area contributed by atoms with Crippen LogP contribution in [0.4, 0.5) is 0 Å². The van der Waals surface area contributed by atoms with Gasteiger partial charge in [-0.1, -0.05) is 29.8 Å². The first-order valence-electron chi connectivity index (χ1n) is 5.30. The molecule has 6 heteroatoms. The topological polar surface area (TPSA) is 69.4 Å². The van der Waals surface area contributed by atoms with Gasteiger partial charge in [-0.3, -0.25) is 9.59 Å². The summed E-state index contributed by atoms with van der Waals surface area (Å²) in [5.41, 5.74) is 5.94. The molecule has 98 valence electrons. The minimum absolute atomic E-state index is 0.156. The van der Waals surface area contributed by atoms with E-state index in [0.717, 1.165) is 5.56 Å². The standard InChI is InChI=1S/C12H14ClNO3S/c1-8(12(14)16)17-11(15)7-18-6-9-4-2-3-5-10(9)13/h2-5,8H,6-7H2,1H3,(H2,14,16)/t8-/m0/s1. The minimum Gasteiger partial charge on any atom is -0.452 e. The van der Waals surface area contributed by atoms with Crippen molar-refractivity contribution in [3.05, 3.63) is 34.9 Å². The first-order valence-corrected chi connectivity index (χ1v) is 6.84. The summed E-state index contributed by atoms with van der Waals surface area (Å²) in [6, 6.07) is 7.42. The van der Waals surface area contributed by atoms with E-state index in [9.17, 15) is 9.59 Å². The predicted octanol–water partition coefficient (Wildman–Crippen LogP) is 1.99. The summed E-state index contributed by atoms with van der Waals surface area (Å²) in [5.74, 6) is -0.347. The van der Waals surface area contributed by atoms with E-state index < -0.39 is 18.0 Å². The molecule has 0 unspecified atom stereocenters. The molecule has 0 aromatic heterocycles. The average Bonchev–Trinajstić information content (AvgIpc) is 2.31. The number of ether oxygens (including phenoxy) is 1. The Labute approximate surface area is 115 Å². The van der Waals surface area contributed by atoms with Crippen molar-refractivity contribution in [1.82, 2.24) is 0 Å². The Morgan fingerprint density at radius 2 is 2.11 bits per heavy atom. The molecule has 1 amide bonds. The van der Waals surface area contributed by atoms with Crippen LogP contribution in [0.25, 0.3) is 0 Å². The largest absolute Gasteiger partial charge is 0.452 e. The first kappa shape index (κ1) is 14.9. The molecule has 0 radical (unpaired) electrons. The monoisotopic (exact) mass is 287 g/mol. The lowest BCUT2D eigenvalue weighted by Crippen LogP contribution is -2.31. The highest BCUT2D eigenvalue weighted by atomic mass is 35.5. The van der Waals surface area contributed by atoms with E-state index >= 15 is 0 Å². The molecule has 0 saturated carbocycles. The molecule has 1 rings (SSSR count). The highest BCUT2D eigenvalue weighted by Crippen LogP contribution is 2.20. The molecule has 0 aliphatic heterocycles. The first-order chi connectivity index (χ1) is 8.50. The molecule has 0 bridgehead atoms. The molecule has 0 spiro atoms. The molecule has 1 atom stereocenters. The van der Waals surface area contributed by atoms with Gasteiger partial charge in [-0.2, -0.15) is 0 Å². The van der Waals surface area contributed by atoms with Crippen LogP contribution in [0.2, 0.25) is 5.02 Å². The highest BCUT2D eigenvalue weighted by Gasteiger charge is 2.14. The van der Waals surface area contributed by atoms with Gasteiger partial charge in [0.15, 0.2) is 6.10 Å². The maximum Gasteiger partial charge on any atom is 0.316 e. The van der Waals surface area contributed by atoms with Gasteiger partial charge in [0.25, 0.3) is 5.91 Å². The van der Waals surface area contributed by atoms with E-state index in [1.807, 2.05) is 18.2 Å². The molecule has 1 aromatic rings. The maximum absolute atomic E-state index is 11.3. The Hall–Kier alpha value is -1.20. The zero-order chi connectivity index (χ0) is 13.5. The van der Waals surface area contributed by atoms with Crippen molar-refractivity contribution < 1.29 is 14.3 Å². The summed E-state index contributed by atoms with van der Waals surface area (Å²) in [7, 11) is 0. The Morgan fingerprint density at radius 1 is 1.44 bits per heavy atom. The number of nitrogens with two attached hydrogens (primary N) is 1. The van der Waals surface area contributed by atoms with Gasteiger partial charge < -0.3 is 10.5 Å². The summed E-state index contributed by atoms with van der Waals surface area (Å²) < 4.78 is 4.81. The molecule has 0 fully saturated rings. The Bertz CT molecular complexity index is 439. The van der Waals surface area contributed by atoms with Gasteiger partial charge in [-0.15, -0.1) is 11.8 Å². The fourth-order valence-corrected chi connectivity index (χ4v) is 2.24. The maximum atomic E-state index is 11.3. The SMILES string of the molecule is C[C@H](OC(=O)CSCc1ccccc1Cl)C(N)=O. The summed E-state index contributed by atoms with van der Waals surface area (Å²) in [6.45, 7) is 1.44. The molecule has 2 N–H and O–H groups in total. The normalized spacial score (nSPS) is 11.9. The molecule has 0 saturated heterocycles. The van der Waals surface area contributed by atoms with Crippen molar-refractivity contribution in [3.8, 4) is 0 Å². The number of halogens is 1. The van der Waals surface area contributed by atoms with Crippen LogP contribution < -0.4 is 5.73 Å². The Kier molecular flexibility index (Phi) is 6.01. The van der Waals surface area contributed by atoms with Crippen molar-refractivity contribution in [3.63, 3.8) is 0 Å². The number of rotatable bonds is 6. The van der Waals surface area contributed by atoms with E-state index in [0.29, 0.717) is 10.8 Å². The molecule has 18 heavy (non-hydrogen) atoms. The zero-order valence-corrected chi connectivity index (χ0v) is 11.5. The lowest BCUT2D eigenvalue weighted by Gasteiger charge is -2.09. The molecule has 0 aliphatic rings. The number of benzene rings is 1. The fourth-order valence-electron chi connectivity index (χ4n) is 1.15. The van der Waals surface area contributed by atoms with Crippen LogP contribution in [0.15, 0.2) is 24.3 Å². The zero-order valence-electron chi connectivity index (χ0n) is 9.89. The summed E-state index contributed by atoms with van der Waals surface area (Å²) >= 11 is 7.35. The van der Waals surface area contributed by atoms with Gasteiger partial charge in [0.2, 0.25) is 0 Å². The Morgan fingerprint density at radius 3 is 2.72 bits per heavy atom. The van der Waals surface area contributed by atoms with Gasteiger partial charge >= 0.3 is 5.97 Å². The second-order valence-electron chi connectivity index (χ2n) is 3.62. The van der Waals surface area contributed by atoms with Crippen molar-refractivity contribution in [1.29, 1.82) is 0 Å². The quantitative estimate of drug-likeness (QED) is 0.813. The lowest BCUT2D eigenvalue weighted by molar-refractivity contribution is -0.151. The van der Waals surface area contributed by atoms with Gasteiger partial charge in [-0.05, 0) is 18.6 Å². The number of amides is 1. The van der Waals surface area contributed by atoms with Gasteiger partial charge in [-0.25, -0.2) is 0 Å². The number of primary amides is 1. The predicted molar refractivity (Wildman–Crippen MR) is 72.4 cm³/mol. The summed E-state index contributed by atoms with van der Waals surface area (Å²) in [4.78, 5) is 22.0. The second kappa shape index (κ2) is 7.28. The third kappa shape index (κ3) is 4.98. The second-order valence-corrected chi connectivity index (χ2v) is 5.01. The van der Waals surface area contributed by atoms with E-state index in [1.54, 1.807) is 6.07 Å². The van der Waals surface area contributed by atoms with Gasteiger partial charge in [0.1, 0.15) is 0 Å². The van der Waals surface area contributed by atoms with E-state index in [2.05, 4.69) is 0 Å².